The second-order valence-corrected chi connectivity index (χ2v) is 10.1. The first-order valence-corrected chi connectivity index (χ1v) is 12.6. The van der Waals surface area contributed by atoms with Crippen molar-refractivity contribution in [3.8, 4) is 0 Å². The molecule has 2 aromatic heterocycles. The number of carbonyl (C=O) groups excluding carboxylic acids is 2. The fourth-order valence-electron chi connectivity index (χ4n) is 5.05. The van der Waals surface area contributed by atoms with E-state index in [1.807, 2.05) is 0 Å². The molecule has 200 valence electrons. The number of ether oxygens (including phenoxy) is 3. The molecule has 1 spiro atoms. The molecule has 1 saturated heterocycles. The predicted octanol–water partition coefficient (Wildman–Crippen LogP) is 3.78. The summed E-state index contributed by atoms with van der Waals surface area (Å²) in [6.07, 6.45) is -1.74. The lowest BCUT2D eigenvalue weighted by Gasteiger charge is -2.27. The average molecular weight is 552 g/mol. The Hall–Kier alpha value is -4.09. The zero-order valence-corrected chi connectivity index (χ0v) is 21.4. The van der Waals surface area contributed by atoms with Crippen molar-refractivity contribution in [3.63, 3.8) is 0 Å². The molecule has 0 bridgehead atoms. The molecule has 2 unspecified atom stereocenters. The molecule has 1 aliphatic heterocycles. The molecule has 2 N–H and O–H groups in total. The third-order valence-corrected chi connectivity index (χ3v) is 7.39. The van der Waals surface area contributed by atoms with Crippen LogP contribution in [0.5, 0.6) is 0 Å². The number of nitrogen functional groups attached to an aromatic ring is 1. The van der Waals surface area contributed by atoms with Gasteiger partial charge in [0.15, 0.2) is 22.6 Å². The zero-order chi connectivity index (χ0) is 27.4. The van der Waals surface area contributed by atoms with Crippen LogP contribution in [-0.2, 0) is 20.8 Å². The Bertz CT molecular complexity index is 1570. The Labute approximate surface area is 226 Å². The number of hydrogen-bond donors (Lipinski definition) is 1. The summed E-state index contributed by atoms with van der Waals surface area (Å²) < 4.78 is 35.9. The highest BCUT2D eigenvalue weighted by molar-refractivity contribution is 6.33. The highest BCUT2D eigenvalue weighted by Crippen LogP contribution is 2.58. The maximum Gasteiger partial charge on any atom is 0.338 e. The molecule has 2 fully saturated rings. The lowest BCUT2D eigenvalue weighted by atomic mass is 9.93. The Morgan fingerprint density at radius 1 is 1.08 bits per heavy atom. The smallest absolute Gasteiger partial charge is 0.338 e. The van der Waals surface area contributed by atoms with Gasteiger partial charge in [-0.1, -0.05) is 48.0 Å². The number of aromatic nitrogens is 4. The number of esters is 2. The van der Waals surface area contributed by atoms with E-state index >= 15 is 4.39 Å². The number of nitrogens with two attached hydrogens (primary N) is 1. The van der Waals surface area contributed by atoms with E-state index in [1.165, 1.54) is 13.3 Å². The summed E-state index contributed by atoms with van der Waals surface area (Å²) in [5.41, 5.74) is 3.40. The number of nitrogens with zero attached hydrogens (tertiary/aromatic N) is 4. The highest BCUT2D eigenvalue weighted by Gasteiger charge is 2.77. The Morgan fingerprint density at radius 2 is 1.69 bits per heavy atom. The topological polar surface area (TPSA) is 131 Å². The fraction of sp³-hybridized carbons (Fsp3) is 0.296. The van der Waals surface area contributed by atoms with Crippen molar-refractivity contribution in [1.29, 1.82) is 0 Å². The van der Waals surface area contributed by atoms with E-state index < -0.39 is 41.5 Å². The van der Waals surface area contributed by atoms with Crippen LogP contribution in [0, 0.1) is 0 Å². The molecule has 4 aromatic rings. The van der Waals surface area contributed by atoms with Crippen molar-refractivity contribution in [3.05, 3.63) is 83.3 Å². The molecule has 2 aromatic carbocycles. The van der Waals surface area contributed by atoms with E-state index in [9.17, 15) is 9.59 Å². The monoisotopic (exact) mass is 551 g/mol. The minimum Gasteiger partial charge on any atom is -0.455 e. The van der Waals surface area contributed by atoms with Crippen LogP contribution in [0.15, 0.2) is 67.0 Å². The molecular weight excluding hydrogens is 529 g/mol. The summed E-state index contributed by atoms with van der Waals surface area (Å²) in [6.45, 7) is 1.25. The number of imidazole rings is 1. The van der Waals surface area contributed by atoms with Crippen LogP contribution in [0.1, 0.15) is 34.1 Å². The van der Waals surface area contributed by atoms with Crippen molar-refractivity contribution >= 4 is 40.7 Å². The first-order chi connectivity index (χ1) is 18.7. The van der Waals surface area contributed by atoms with Crippen LogP contribution in [0.3, 0.4) is 0 Å². The van der Waals surface area contributed by atoms with E-state index in [0.29, 0.717) is 16.7 Å². The van der Waals surface area contributed by atoms with Gasteiger partial charge in [-0.3, -0.25) is 0 Å². The molecule has 10 nitrogen and oxygen atoms in total. The molecule has 12 heteroatoms. The second kappa shape index (κ2) is 9.28. The first kappa shape index (κ1) is 25.2. The van der Waals surface area contributed by atoms with Gasteiger partial charge < -0.3 is 24.5 Å². The zero-order valence-electron chi connectivity index (χ0n) is 20.7. The first-order valence-electron chi connectivity index (χ1n) is 12.2. The fourth-order valence-corrected chi connectivity index (χ4v) is 5.27. The Morgan fingerprint density at radius 3 is 2.33 bits per heavy atom. The van der Waals surface area contributed by atoms with Crippen LogP contribution < -0.4 is 5.73 Å². The van der Waals surface area contributed by atoms with E-state index in [1.54, 1.807) is 65.2 Å². The third kappa shape index (κ3) is 4.37. The minimum atomic E-state index is -2.18. The van der Waals surface area contributed by atoms with E-state index in [2.05, 4.69) is 15.0 Å². The molecule has 3 heterocycles. The third-order valence-electron chi connectivity index (χ3n) is 7.13. The average Bonchev–Trinajstić information content (AvgIpc) is 3.36. The normalized spacial score (nSPS) is 27.5. The SMILES string of the molecule is C[C@]1(F)[C@H](Cn2cnc3c(Cl)nc(N)nc32)OC2(CC2OC(=O)c2ccccc2)[C@H]1OC(=O)c1ccccc1. The molecule has 5 atom stereocenters. The highest BCUT2D eigenvalue weighted by atomic mass is 35.5. The van der Waals surface area contributed by atoms with Gasteiger partial charge >= 0.3 is 11.9 Å². The summed E-state index contributed by atoms with van der Waals surface area (Å²) >= 11 is 6.14. The summed E-state index contributed by atoms with van der Waals surface area (Å²) in [4.78, 5) is 38.1. The van der Waals surface area contributed by atoms with Gasteiger partial charge in [0.1, 0.15) is 23.3 Å². The molecule has 1 saturated carbocycles. The number of hydrogen-bond acceptors (Lipinski definition) is 9. The summed E-state index contributed by atoms with van der Waals surface area (Å²) in [5, 5.41) is 0.0628. The van der Waals surface area contributed by atoms with Gasteiger partial charge in [0.25, 0.3) is 0 Å². The number of halogens is 2. The standard InChI is InChI=1S/C27H23ClFN5O5/c1-26(29)18(13-34-14-31-19-20(28)32-25(30)33-21(19)34)39-27(24(26)38-23(36)16-10-6-3-7-11-16)12-17(27)37-22(35)15-8-4-2-5-9-15/h2-11,14,17-18,24H,12-13H2,1H3,(H2,30,32,33)/t17?,18-,24-,26-,27?/m0/s1. The number of anilines is 1. The minimum absolute atomic E-state index is 0.0588. The van der Waals surface area contributed by atoms with Crippen LogP contribution >= 0.6 is 11.6 Å². The van der Waals surface area contributed by atoms with E-state index in [4.69, 9.17) is 31.5 Å². The largest absolute Gasteiger partial charge is 0.455 e. The number of rotatable bonds is 6. The summed E-state index contributed by atoms with van der Waals surface area (Å²) in [7, 11) is 0. The van der Waals surface area contributed by atoms with Crippen molar-refractivity contribution in [1.82, 2.24) is 19.5 Å². The molecule has 1 aliphatic carbocycles. The number of alkyl halides is 1. The van der Waals surface area contributed by atoms with Crippen LogP contribution in [0.25, 0.3) is 11.2 Å². The Balaban J connectivity index is 1.31. The number of carbonyl (C=O) groups is 2. The summed E-state index contributed by atoms with van der Waals surface area (Å²) in [5.74, 6) is -1.36. The molecule has 6 rings (SSSR count). The second-order valence-electron chi connectivity index (χ2n) is 9.77. The van der Waals surface area contributed by atoms with Gasteiger partial charge in [-0.25, -0.2) is 19.0 Å². The Kier molecular flexibility index (Phi) is 6.00. The van der Waals surface area contributed by atoms with Gasteiger partial charge in [-0.05, 0) is 31.2 Å². The van der Waals surface area contributed by atoms with Crippen LogP contribution in [0.4, 0.5) is 10.3 Å². The maximum atomic E-state index is 16.7. The maximum absolute atomic E-state index is 16.7. The van der Waals surface area contributed by atoms with Crippen molar-refractivity contribution in [2.45, 2.75) is 49.5 Å². The molecular formula is C27H23ClFN5O5. The van der Waals surface area contributed by atoms with Gasteiger partial charge in [0, 0.05) is 6.42 Å². The molecule has 0 radical (unpaired) electrons. The van der Waals surface area contributed by atoms with Crippen molar-refractivity contribution in [2.24, 2.45) is 0 Å². The lowest BCUT2D eigenvalue weighted by Crippen LogP contribution is -2.47. The van der Waals surface area contributed by atoms with Gasteiger partial charge in [-0.15, -0.1) is 0 Å². The molecule has 2 aliphatic rings. The van der Waals surface area contributed by atoms with Crippen LogP contribution in [-0.4, -0.2) is 61.0 Å². The number of benzene rings is 2. The predicted molar refractivity (Wildman–Crippen MR) is 138 cm³/mol. The van der Waals surface area contributed by atoms with Crippen molar-refractivity contribution < 1.29 is 28.2 Å². The van der Waals surface area contributed by atoms with Gasteiger partial charge in [0.2, 0.25) is 5.95 Å². The van der Waals surface area contributed by atoms with Crippen molar-refractivity contribution in [2.75, 3.05) is 5.73 Å². The molecule has 39 heavy (non-hydrogen) atoms. The lowest BCUT2D eigenvalue weighted by molar-refractivity contribution is -0.0554. The molecule has 0 amide bonds. The van der Waals surface area contributed by atoms with Gasteiger partial charge in [-0.2, -0.15) is 9.97 Å². The van der Waals surface area contributed by atoms with Crippen LogP contribution in [0.2, 0.25) is 5.15 Å². The number of fused-ring (bicyclic) bond motifs is 1. The van der Waals surface area contributed by atoms with Gasteiger partial charge in [0.05, 0.1) is 24.0 Å². The summed E-state index contributed by atoms with van der Waals surface area (Å²) in [6, 6.07) is 16.7. The quantitative estimate of drug-likeness (QED) is 0.281. The van der Waals surface area contributed by atoms with E-state index in [0.717, 1.165) is 0 Å². The van der Waals surface area contributed by atoms with E-state index in [-0.39, 0.29) is 29.6 Å².